The summed E-state index contributed by atoms with van der Waals surface area (Å²) in [6.45, 7) is 3.20. The molecule has 2 aromatic rings. The van der Waals surface area contributed by atoms with E-state index >= 15 is 0 Å². The minimum absolute atomic E-state index is 0.0317. The summed E-state index contributed by atoms with van der Waals surface area (Å²) in [6.07, 6.45) is 1.92. The zero-order valence-corrected chi connectivity index (χ0v) is 16.6. The van der Waals surface area contributed by atoms with Gasteiger partial charge in [-0.2, -0.15) is 0 Å². The van der Waals surface area contributed by atoms with Crippen LogP contribution in [0.4, 0.5) is 0 Å². The second kappa shape index (κ2) is 10.9. The van der Waals surface area contributed by atoms with Crippen molar-refractivity contribution in [2.45, 2.75) is 26.7 Å². The third-order valence-electron chi connectivity index (χ3n) is 4.32. The van der Waals surface area contributed by atoms with Crippen LogP contribution in [0.2, 0.25) is 0 Å². The van der Waals surface area contributed by atoms with E-state index in [1.807, 2.05) is 0 Å². The van der Waals surface area contributed by atoms with Gasteiger partial charge in [0.25, 0.3) is 0 Å². The fourth-order valence-corrected chi connectivity index (χ4v) is 2.90. The maximum atomic E-state index is 13.3. The zero-order chi connectivity index (χ0) is 21.2. The van der Waals surface area contributed by atoms with Crippen molar-refractivity contribution in [1.82, 2.24) is 0 Å². The Bertz CT molecular complexity index is 846. The van der Waals surface area contributed by atoms with Crippen molar-refractivity contribution in [3.05, 3.63) is 83.4 Å². The van der Waals surface area contributed by atoms with Gasteiger partial charge >= 0.3 is 5.97 Å². The van der Waals surface area contributed by atoms with Gasteiger partial charge in [-0.15, -0.1) is 0 Å². The Morgan fingerprint density at radius 1 is 0.862 bits per heavy atom. The van der Waals surface area contributed by atoms with Crippen molar-refractivity contribution in [3.63, 3.8) is 0 Å². The summed E-state index contributed by atoms with van der Waals surface area (Å²) in [6, 6.07) is 16.7. The molecule has 2 aromatic carbocycles. The number of Topliss-reactive ketones (excluding diaryl/α,β-unsaturated/α-hetero) is 3. The van der Waals surface area contributed by atoms with Crippen molar-refractivity contribution in [1.29, 1.82) is 0 Å². The van der Waals surface area contributed by atoms with Gasteiger partial charge in [-0.3, -0.25) is 9.59 Å². The lowest BCUT2D eigenvalue weighted by atomic mass is 9.83. The molecule has 0 spiro atoms. The highest BCUT2D eigenvalue weighted by Crippen LogP contribution is 2.24. The summed E-state index contributed by atoms with van der Waals surface area (Å²) in [5.74, 6) is -3.09. The molecular weight excluding hydrogens is 368 g/mol. The van der Waals surface area contributed by atoms with Gasteiger partial charge in [0.15, 0.2) is 11.6 Å². The van der Waals surface area contributed by atoms with Gasteiger partial charge in [-0.05, 0) is 20.3 Å². The van der Waals surface area contributed by atoms with E-state index in [1.54, 1.807) is 67.6 Å². The van der Waals surface area contributed by atoms with E-state index in [0.29, 0.717) is 11.1 Å². The molecular formula is C24H24O5. The number of rotatable bonds is 10. The molecule has 0 fully saturated rings. The average Bonchev–Trinajstić information content (AvgIpc) is 2.73. The summed E-state index contributed by atoms with van der Waals surface area (Å²) in [7, 11) is 0. The van der Waals surface area contributed by atoms with Gasteiger partial charge < -0.3 is 9.53 Å². The number of allylic oxidation sites excluding steroid dienone is 1. The van der Waals surface area contributed by atoms with Gasteiger partial charge in [0.05, 0.1) is 12.2 Å². The van der Waals surface area contributed by atoms with Crippen LogP contribution in [0.3, 0.4) is 0 Å². The number of esters is 1. The van der Waals surface area contributed by atoms with Crippen LogP contribution >= 0.6 is 0 Å². The number of ether oxygens (including phenoxy) is 1. The third kappa shape index (κ3) is 6.07. The van der Waals surface area contributed by atoms with Gasteiger partial charge in [0, 0.05) is 17.5 Å². The molecule has 0 N–H and O–H groups in total. The molecule has 5 nitrogen and oxygen atoms in total. The first-order valence-corrected chi connectivity index (χ1v) is 9.50. The van der Waals surface area contributed by atoms with Gasteiger partial charge in [0.1, 0.15) is 11.7 Å². The highest BCUT2D eigenvalue weighted by molar-refractivity contribution is 6.21. The average molecular weight is 392 g/mol. The van der Waals surface area contributed by atoms with E-state index in [9.17, 15) is 19.2 Å². The molecule has 0 saturated heterocycles. The van der Waals surface area contributed by atoms with Gasteiger partial charge in [0.2, 0.25) is 0 Å². The molecule has 0 amide bonds. The second-order valence-corrected chi connectivity index (χ2v) is 6.51. The van der Waals surface area contributed by atoms with Gasteiger partial charge in [-0.25, -0.2) is 4.79 Å². The van der Waals surface area contributed by atoms with Crippen molar-refractivity contribution in [3.8, 4) is 0 Å². The number of ketones is 3. The largest absolute Gasteiger partial charge is 0.463 e. The second-order valence-electron chi connectivity index (χ2n) is 6.51. The number of hydrogen-bond donors (Lipinski definition) is 0. The van der Waals surface area contributed by atoms with Crippen molar-refractivity contribution in [2.75, 3.05) is 6.61 Å². The fourth-order valence-electron chi connectivity index (χ4n) is 2.90. The zero-order valence-electron chi connectivity index (χ0n) is 16.6. The number of hydrogen-bond acceptors (Lipinski definition) is 5. The lowest BCUT2D eigenvalue weighted by Crippen LogP contribution is -2.31. The van der Waals surface area contributed by atoms with Crippen LogP contribution in [0.25, 0.3) is 0 Å². The molecule has 0 aliphatic heterocycles. The van der Waals surface area contributed by atoms with Crippen LogP contribution in [0.15, 0.2) is 72.3 Å². The quantitative estimate of drug-likeness (QED) is 0.262. The minimum atomic E-state index is -1.34. The summed E-state index contributed by atoms with van der Waals surface area (Å²) in [4.78, 5) is 50.5. The van der Waals surface area contributed by atoms with E-state index < -0.39 is 23.5 Å². The molecule has 0 bridgehead atoms. The number of carbonyl (C=O) groups is 4. The number of benzene rings is 2. The summed E-state index contributed by atoms with van der Waals surface area (Å²) < 4.78 is 5.12. The molecule has 0 saturated carbocycles. The van der Waals surface area contributed by atoms with Crippen LogP contribution in [-0.4, -0.2) is 29.9 Å². The number of carbonyl (C=O) groups excluding carboxylic acids is 4. The highest BCUT2D eigenvalue weighted by atomic mass is 16.5. The molecule has 0 atom stereocenters. The van der Waals surface area contributed by atoms with Crippen molar-refractivity contribution in [2.24, 2.45) is 5.92 Å². The van der Waals surface area contributed by atoms with E-state index in [1.165, 1.54) is 13.0 Å². The first kappa shape index (κ1) is 22.0. The normalized spacial score (nSPS) is 11.2. The Hall–Kier alpha value is -3.34. The molecule has 5 heteroatoms. The fraction of sp³-hybridized carbons (Fsp3) is 0.250. The molecule has 0 heterocycles. The smallest absolute Gasteiger partial charge is 0.334 e. The van der Waals surface area contributed by atoms with Crippen LogP contribution in [-0.2, 0) is 14.3 Å². The Morgan fingerprint density at radius 3 is 1.76 bits per heavy atom. The van der Waals surface area contributed by atoms with Crippen molar-refractivity contribution < 1.29 is 23.9 Å². The Labute approximate surface area is 170 Å². The Kier molecular flexibility index (Phi) is 8.22. The van der Waals surface area contributed by atoms with E-state index in [0.717, 1.165) is 0 Å². The van der Waals surface area contributed by atoms with Gasteiger partial charge in [-0.1, -0.05) is 66.7 Å². The molecule has 2 rings (SSSR count). The van der Waals surface area contributed by atoms with E-state index in [4.69, 9.17) is 4.74 Å². The van der Waals surface area contributed by atoms with E-state index in [-0.39, 0.29) is 30.8 Å². The van der Waals surface area contributed by atoms with Crippen LogP contribution < -0.4 is 0 Å². The molecule has 0 aliphatic rings. The predicted octanol–water partition coefficient (Wildman–Crippen LogP) is 4.23. The topological polar surface area (TPSA) is 77.5 Å². The molecule has 0 radical (unpaired) electrons. The predicted molar refractivity (Wildman–Crippen MR) is 110 cm³/mol. The molecule has 0 aliphatic carbocycles. The summed E-state index contributed by atoms with van der Waals surface area (Å²) in [5.41, 5.74) is 0.614. The SMILES string of the molecule is CCOC(=O)/C(=C/CCC(C)=O)C(C(=O)c1ccccc1)C(=O)c1ccccc1. The monoisotopic (exact) mass is 392 g/mol. The molecule has 0 aromatic heterocycles. The minimum Gasteiger partial charge on any atom is -0.463 e. The standard InChI is InChI=1S/C24H24O5/c1-3-29-24(28)20(16-10-11-17(2)25)21(22(26)18-12-6-4-7-13-18)23(27)19-14-8-5-9-15-19/h4-9,12-16,21H,3,10-11H2,1-2H3/b20-16+. The molecule has 29 heavy (non-hydrogen) atoms. The molecule has 0 unspecified atom stereocenters. The highest BCUT2D eigenvalue weighted by Gasteiger charge is 2.35. The molecule has 150 valence electrons. The van der Waals surface area contributed by atoms with Crippen molar-refractivity contribution >= 4 is 23.3 Å². The Balaban J connectivity index is 2.54. The van der Waals surface area contributed by atoms with Crippen LogP contribution in [0.1, 0.15) is 47.4 Å². The van der Waals surface area contributed by atoms with Crippen LogP contribution in [0.5, 0.6) is 0 Å². The first-order valence-electron chi connectivity index (χ1n) is 9.50. The Morgan fingerprint density at radius 2 is 1.34 bits per heavy atom. The summed E-state index contributed by atoms with van der Waals surface area (Å²) in [5, 5.41) is 0. The first-order chi connectivity index (χ1) is 14.0. The van der Waals surface area contributed by atoms with Crippen LogP contribution in [0, 0.1) is 5.92 Å². The maximum absolute atomic E-state index is 13.3. The van der Waals surface area contributed by atoms with E-state index in [2.05, 4.69) is 0 Å². The summed E-state index contributed by atoms with van der Waals surface area (Å²) >= 11 is 0. The maximum Gasteiger partial charge on any atom is 0.334 e. The lowest BCUT2D eigenvalue weighted by Gasteiger charge is -2.18. The lowest BCUT2D eigenvalue weighted by molar-refractivity contribution is -0.139. The third-order valence-corrected chi connectivity index (χ3v) is 4.32.